The normalized spacial score (nSPS) is 19.8. The van der Waals surface area contributed by atoms with Crippen LogP contribution in [0.3, 0.4) is 0 Å². The van der Waals surface area contributed by atoms with Gasteiger partial charge in [-0.3, -0.25) is 0 Å². The van der Waals surface area contributed by atoms with Gasteiger partial charge in [0.25, 0.3) is 0 Å². The highest BCUT2D eigenvalue weighted by Gasteiger charge is 2.09. The number of hydrogen-bond acceptors (Lipinski definition) is 2. The molecule has 0 aromatic carbocycles. The van der Waals surface area contributed by atoms with E-state index < -0.39 is 0 Å². The van der Waals surface area contributed by atoms with E-state index in [9.17, 15) is 0 Å². The summed E-state index contributed by atoms with van der Waals surface area (Å²) in [5.41, 5.74) is 1.42. The molecule has 0 saturated heterocycles. The van der Waals surface area contributed by atoms with Gasteiger partial charge in [0.05, 0.1) is 10.7 Å². The predicted molar refractivity (Wildman–Crippen MR) is 75.8 cm³/mol. The zero-order valence-electron chi connectivity index (χ0n) is 11.1. The zero-order chi connectivity index (χ0) is 11.9. The van der Waals surface area contributed by atoms with Crippen LogP contribution >= 0.6 is 11.3 Å². The summed E-state index contributed by atoms with van der Waals surface area (Å²) in [5.74, 6) is 0. The third kappa shape index (κ3) is 4.42. The second-order valence-electron chi connectivity index (χ2n) is 5.28. The molecule has 0 radical (unpaired) electrons. The fourth-order valence-corrected chi connectivity index (χ4v) is 3.74. The molecule has 0 atom stereocenters. The summed E-state index contributed by atoms with van der Waals surface area (Å²) in [5, 5.41) is 1.27. The highest BCUT2D eigenvalue weighted by atomic mass is 32.1. The molecular formula is C15H25NS. The van der Waals surface area contributed by atoms with Crippen molar-refractivity contribution in [2.45, 2.75) is 77.6 Å². The maximum atomic E-state index is 4.72. The number of aromatic nitrogens is 1. The minimum Gasteiger partial charge on any atom is -0.246 e. The van der Waals surface area contributed by atoms with Crippen LogP contribution in [0.2, 0.25) is 0 Å². The van der Waals surface area contributed by atoms with Crippen LogP contribution in [-0.2, 0) is 12.8 Å². The fraction of sp³-hybridized carbons (Fsp3) is 0.800. The third-order valence-electron chi connectivity index (χ3n) is 3.70. The minimum absolute atomic E-state index is 1.22. The largest absolute Gasteiger partial charge is 0.246 e. The van der Waals surface area contributed by atoms with E-state index in [2.05, 4.69) is 6.92 Å². The summed E-state index contributed by atoms with van der Waals surface area (Å²) < 4.78 is 0. The van der Waals surface area contributed by atoms with E-state index in [1.807, 2.05) is 11.3 Å². The smallest absolute Gasteiger partial charge is 0.0900 e. The van der Waals surface area contributed by atoms with Crippen LogP contribution in [0.4, 0.5) is 0 Å². The Morgan fingerprint density at radius 1 is 0.765 bits per heavy atom. The summed E-state index contributed by atoms with van der Waals surface area (Å²) in [6.45, 7) is 2.15. The van der Waals surface area contributed by atoms with E-state index >= 15 is 0 Å². The molecule has 0 saturated carbocycles. The Morgan fingerprint density at radius 3 is 1.94 bits per heavy atom. The molecule has 1 aliphatic rings. The maximum Gasteiger partial charge on any atom is 0.0900 e. The average molecular weight is 251 g/mol. The second-order valence-corrected chi connectivity index (χ2v) is 6.57. The van der Waals surface area contributed by atoms with E-state index in [1.54, 1.807) is 4.88 Å². The Hall–Kier alpha value is -0.370. The molecule has 0 aliphatic heterocycles. The van der Waals surface area contributed by atoms with Gasteiger partial charge in [-0.2, -0.15) is 0 Å². The Kier molecular flexibility index (Phi) is 5.50. The van der Waals surface area contributed by atoms with Crippen LogP contribution in [-0.4, -0.2) is 4.98 Å². The maximum absolute atomic E-state index is 4.72. The van der Waals surface area contributed by atoms with E-state index in [4.69, 9.17) is 4.98 Å². The van der Waals surface area contributed by atoms with Gasteiger partial charge in [-0.1, -0.05) is 44.9 Å². The first-order valence-corrected chi connectivity index (χ1v) is 8.13. The summed E-state index contributed by atoms with van der Waals surface area (Å²) in [6.07, 6.45) is 15.2. The molecule has 1 aliphatic carbocycles. The second kappa shape index (κ2) is 7.15. The topological polar surface area (TPSA) is 12.9 Å². The number of thiazole rings is 1. The molecule has 0 N–H and O–H groups in total. The zero-order valence-corrected chi connectivity index (χ0v) is 12.0. The van der Waals surface area contributed by atoms with Crippen LogP contribution in [0.25, 0.3) is 0 Å². The number of hydrogen-bond donors (Lipinski definition) is 0. The van der Waals surface area contributed by atoms with Crippen molar-refractivity contribution < 1.29 is 0 Å². The summed E-state index contributed by atoms with van der Waals surface area (Å²) in [7, 11) is 0. The van der Waals surface area contributed by atoms with Crippen molar-refractivity contribution in [2.24, 2.45) is 0 Å². The molecule has 96 valence electrons. The lowest BCUT2D eigenvalue weighted by Crippen LogP contribution is -1.92. The quantitative estimate of drug-likeness (QED) is 0.628. The van der Waals surface area contributed by atoms with Crippen LogP contribution in [0, 0.1) is 6.92 Å². The van der Waals surface area contributed by atoms with Gasteiger partial charge in [-0.25, -0.2) is 4.98 Å². The van der Waals surface area contributed by atoms with Gasteiger partial charge < -0.3 is 0 Å². The lowest BCUT2D eigenvalue weighted by molar-refractivity contribution is 0.563. The van der Waals surface area contributed by atoms with Crippen molar-refractivity contribution in [3.05, 3.63) is 15.6 Å². The van der Waals surface area contributed by atoms with Crippen molar-refractivity contribution in [3.63, 3.8) is 0 Å². The summed E-state index contributed by atoms with van der Waals surface area (Å²) in [6, 6.07) is 0. The van der Waals surface area contributed by atoms with Gasteiger partial charge in [0.2, 0.25) is 0 Å². The molecule has 0 fully saturated rings. The summed E-state index contributed by atoms with van der Waals surface area (Å²) in [4.78, 5) is 6.31. The lowest BCUT2D eigenvalue weighted by atomic mass is 10.1. The molecule has 1 nitrogen and oxygen atoms in total. The fourth-order valence-electron chi connectivity index (χ4n) is 2.72. The van der Waals surface area contributed by atoms with Gasteiger partial charge in [0.1, 0.15) is 0 Å². The minimum atomic E-state index is 1.22. The van der Waals surface area contributed by atoms with Crippen LogP contribution in [0.15, 0.2) is 0 Å². The molecule has 0 bridgehead atoms. The van der Waals surface area contributed by atoms with Gasteiger partial charge in [-0.15, -0.1) is 11.3 Å². The van der Waals surface area contributed by atoms with Crippen molar-refractivity contribution in [3.8, 4) is 0 Å². The molecule has 1 aromatic rings. The highest BCUT2D eigenvalue weighted by Crippen LogP contribution is 2.23. The van der Waals surface area contributed by atoms with E-state index in [1.165, 1.54) is 81.3 Å². The molecular weight excluding hydrogens is 226 g/mol. The highest BCUT2D eigenvalue weighted by molar-refractivity contribution is 7.11. The molecule has 1 aromatic heterocycles. The first-order chi connectivity index (χ1) is 8.36. The SMILES string of the molecule is Cc1nc2c(s1)CCCCCCCCCCC2. The summed E-state index contributed by atoms with van der Waals surface area (Å²) >= 11 is 1.93. The molecule has 0 spiro atoms. The van der Waals surface area contributed by atoms with Gasteiger partial charge in [-0.05, 0) is 32.6 Å². The van der Waals surface area contributed by atoms with Crippen molar-refractivity contribution >= 4 is 11.3 Å². The molecule has 0 unspecified atom stereocenters. The van der Waals surface area contributed by atoms with Crippen LogP contribution in [0.1, 0.15) is 73.4 Å². The van der Waals surface area contributed by atoms with Crippen LogP contribution in [0.5, 0.6) is 0 Å². The monoisotopic (exact) mass is 251 g/mol. The van der Waals surface area contributed by atoms with Crippen molar-refractivity contribution in [2.75, 3.05) is 0 Å². The van der Waals surface area contributed by atoms with Crippen LogP contribution < -0.4 is 0 Å². The van der Waals surface area contributed by atoms with Crippen molar-refractivity contribution in [1.82, 2.24) is 4.98 Å². The standard InChI is InChI=1S/C15H25NS/c1-13-16-14-11-9-7-5-3-2-4-6-8-10-12-15(14)17-13/h2-12H2,1H3. The lowest BCUT2D eigenvalue weighted by Gasteiger charge is -2.01. The van der Waals surface area contributed by atoms with Crippen molar-refractivity contribution in [1.29, 1.82) is 0 Å². The van der Waals surface area contributed by atoms with Gasteiger partial charge in [0, 0.05) is 4.88 Å². The number of rotatable bonds is 0. The van der Waals surface area contributed by atoms with E-state index in [0.29, 0.717) is 0 Å². The molecule has 1 heterocycles. The first-order valence-electron chi connectivity index (χ1n) is 7.31. The average Bonchev–Trinajstić information content (AvgIpc) is 2.66. The Morgan fingerprint density at radius 2 is 1.29 bits per heavy atom. The number of nitrogens with zero attached hydrogens (tertiary/aromatic N) is 1. The molecule has 2 rings (SSSR count). The molecule has 0 amide bonds. The predicted octanol–water partition coefficient (Wildman–Crippen LogP) is 5.06. The Labute approximate surface area is 110 Å². The number of fused-ring (bicyclic) bond motifs is 1. The van der Waals surface area contributed by atoms with E-state index in [0.717, 1.165) is 0 Å². The number of aryl methyl sites for hydroxylation is 3. The van der Waals surface area contributed by atoms with Gasteiger partial charge in [0.15, 0.2) is 0 Å². The first kappa shape index (κ1) is 13.1. The third-order valence-corrected chi connectivity index (χ3v) is 4.78. The Balaban J connectivity index is 1.94. The Bertz CT molecular complexity index is 300. The van der Waals surface area contributed by atoms with Gasteiger partial charge >= 0.3 is 0 Å². The molecule has 2 heteroatoms. The van der Waals surface area contributed by atoms with E-state index in [-0.39, 0.29) is 0 Å². The molecule has 17 heavy (non-hydrogen) atoms.